The number of fused-ring (bicyclic) bond motifs is 1. The van der Waals surface area contributed by atoms with Gasteiger partial charge in [-0.05, 0) is 32.9 Å². The first kappa shape index (κ1) is 17.6. The Morgan fingerprint density at radius 1 is 1.35 bits per heavy atom. The number of hydrogen-bond donors (Lipinski definition) is 2. The molecule has 7 heteroatoms. The van der Waals surface area contributed by atoms with Crippen LogP contribution < -0.4 is 10.6 Å². The lowest BCUT2D eigenvalue weighted by atomic mass is 9.96. The van der Waals surface area contributed by atoms with Crippen LogP contribution in [0.15, 0.2) is 17.0 Å². The Bertz CT molecular complexity index is 640. The summed E-state index contributed by atoms with van der Waals surface area (Å²) in [6, 6.07) is 3.57. The van der Waals surface area contributed by atoms with Gasteiger partial charge in [0.15, 0.2) is 4.87 Å². The molecule has 126 valence electrons. The van der Waals surface area contributed by atoms with Gasteiger partial charge in [-0.1, -0.05) is 32.5 Å². The first-order valence-electron chi connectivity index (χ1n) is 7.52. The van der Waals surface area contributed by atoms with Crippen molar-refractivity contribution in [1.29, 1.82) is 0 Å². The highest BCUT2D eigenvalue weighted by atomic mass is 32.2. The highest BCUT2D eigenvalue weighted by molar-refractivity contribution is 8.02. The van der Waals surface area contributed by atoms with Crippen LogP contribution in [0, 0.1) is 5.41 Å². The molecule has 2 heterocycles. The summed E-state index contributed by atoms with van der Waals surface area (Å²) >= 11 is 1.36. The normalized spacial score (nSPS) is 20.0. The van der Waals surface area contributed by atoms with Crippen LogP contribution in [0.4, 0.5) is 11.6 Å². The van der Waals surface area contributed by atoms with Crippen molar-refractivity contribution in [1.82, 2.24) is 4.98 Å². The average Bonchev–Trinajstić information content (AvgIpc) is 2.73. The van der Waals surface area contributed by atoms with E-state index in [1.807, 2.05) is 40.7 Å². The molecular formula is C16H23N3O3S. The van der Waals surface area contributed by atoms with Crippen LogP contribution in [0.5, 0.6) is 0 Å². The van der Waals surface area contributed by atoms with Crippen LogP contribution in [-0.2, 0) is 14.3 Å². The molecular weight excluding hydrogens is 314 g/mol. The quantitative estimate of drug-likeness (QED) is 0.824. The van der Waals surface area contributed by atoms with Crippen LogP contribution in [0.25, 0.3) is 0 Å². The molecule has 0 radical (unpaired) electrons. The zero-order valence-corrected chi connectivity index (χ0v) is 15.1. The van der Waals surface area contributed by atoms with E-state index in [9.17, 15) is 9.59 Å². The second kappa shape index (κ2) is 6.03. The van der Waals surface area contributed by atoms with E-state index in [0.29, 0.717) is 11.6 Å². The van der Waals surface area contributed by atoms with Gasteiger partial charge in [-0.3, -0.25) is 4.79 Å². The predicted molar refractivity (Wildman–Crippen MR) is 91.4 cm³/mol. The van der Waals surface area contributed by atoms with Crippen LogP contribution >= 0.6 is 11.8 Å². The summed E-state index contributed by atoms with van der Waals surface area (Å²) in [4.78, 5) is 28.6. The van der Waals surface area contributed by atoms with Crippen LogP contribution in [0.2, 0.25) is 0 Å². The number of aromatic nitrogens is 1. The number of nitrogens with zero attached hydrogens (tertiary/aromatic N) is 1. The summed E-state index contributed by atoms with van der Waals surface area (Å²) in [5, 5.41) is 5.88. The van der Waals surface area contributed by atoms with Crippen molar-refractivity contribution in [2.75, 3.05) is 10.6 Å². The maximum Gasteiger partial charge on any atom is 0.342 e. The molecule has 0 fully saturated rings. The minimum Gasteiger partial charge on any atom is -0.461 e. The number of anilines is 2. The summed E-state index contributed by atoms with van der Waals surface area (Å²) in [6.45, 7) is 10.9. The Balaban J connectivity index is 2.15. The Morgan fingerprint density at radius 2 is 2.00 bits per heavy atom. The largest absolute Gasteiger partial charge is 0.461 e. The highest BCUT2D eigenvalue weighted by Crippen LogP contribution is 2.45. The Labute approximate surface area is 140 Å². The first-order valence-corrected chi connectivity index (χ1v) is 8.34. The molecule has 0 aliphatic carbocycles. The molecule has 2 N–H and O–H groups in total. The molecule has 23 heavy (non-hydrogen) atoms. The molecule has 1 aliphatic heterocycles. The first-order chi connectivity index (χ1) is 10.5. The van der Waals surface area contributed by atoms with E-state index in [0.717, 1.165) is 4.90 Å². The molecule has 1 aliphatic rings. The molecule has 1 aromatic rings. The summed E-state index contributed by atoms with van der Waals surface area (Å²) in [5.74, 6) is 0.580. The van der Waals surface area contributed by atoms with Crippen LogP contribution in [0.1, 0.15) is 41.5 Å². The summed E-state index contributed by atoms with van der Waals surface area (Å²) in [7, 11) is 0. The number of rotatable bonds is 3. The third-order valence-electron chi connectivity index (χ3n) is 3.18. The van der Waals surface area contributed by atoms with E-state index in [-0.39, 0.29) is 18.0 Å². The number of carbonyl (C=O) groups excluding carboxylic acids is 2. The number of ether oxygens (including phenoxy) is 1. The van der Waals surface area contributed by atoms with Gasteiger partial charge in [0.1, 0.15) is 11.6 Å². The van der Waals surface area contributed by atoms with E-state index >= 15 is 0 Å². The molecule has 2 rings (SSSR count). The van der Waals surface area contributed by atoms with E-state index in [1.54, 1.807) is 13.0 Å². The van der Waals surface area contributed by atoms with Gasteiger partial charge in [-0.25, -0.2) is 9.78 Å². The number of amides is 1. The summed E-state index contributed by atoms with van der Waals surface area (Å²) in [5.41, 5.74) is -0.502. The molecule has 0 saturated carbocycles. The second-order valence-corrected chi connectivity index (χ2v) is 8.42. The maximum absolute atomic E-state index is 12.2. The zero-order chi connectivity index (χ0) is 17.4. The number of carbonyl (C=O) groups is 2. The molecule has 1 amide bonds. The molecule has 0 bridgehead atoms. The number of nitrogens with one attached hydrogen (secondary N) is 2. The fraction of sp³-hybridized carbons (Fsp3) is 0.562. The molecule has 6 nitrogen and oxygen atoms in total. The van der Waals surface area contributed by atoms with Crippen molar-refractivity contribution >= 4 is 35.3 Å². The van der Waals surface area contributed by atoms with Gasteiger partial charge in [0.25, 0.3) is 0 Å². The van der Waals surface area contributed by atoms with E-state index < -0.39 is 10.3 Å². The molecule has 1 unspecified atom stereocenters. The fourth-order valence-corrected chi connectivity index (χ4v) is 2.93. The van der Waals surface area contributed by atoms with Crippen molar-refractivity contribution in [3.8, 4) is 0 Å². The standard InChI is InChI=1S/C16H23N3O3S/c1-9(2)22-14(21)16(6)19-12-10(23-16)7-8-11(17-12)18-13(20)15(3,4)5/h7-9H,1-6H3,(H2,17,18,19,20). The van der Waals surface area contributed by atoms with Crippen molar-refractivity contribution in [2.24, 2.45) is 5.41 Å². The minimum absolute atomic E-state index is 0.113. The van der Waals surface area contributed by atoms with Gasteiger partial charge in [0.05, 0.1) is 11.0 Å². The van der Waals surface area contributed by atoms with Gasteiger partial charge >= 0.3 is 5.97 Å². The third-order valence-corrected chi connectivity index (χ3v) is 4.41. The number of hydrogen-bond acceptors (Lipinski definition) is 6. The topological polar surface area (TPSA) is 80.3 Å². The lowest BCUT2D eigenvalue weighted by Gasteiger charge is -2.22. The van der Waals surface area contributed by atoms with Gasteiger partial charge in [-0.15, -0.1) is 0 Å². The van der Waals surface area contributed by atoms with E-state index in [2.05, 4.69) is 15.6 Å². The van der Waals surface area contributed by atoms with Gasteiger partial charge in [-0.2, -0.15) is 0 Å². The number of thioether (sulfide) groups is 1. The summed E-state index contributed by atoms with van der Waals surface area (Å²) in [6.07, 6.45) is -0.181. The lowest BCUT2D eigenvalue weighted by molar-refractivity contribution is -0.149. The minimum atomic E-state index is -0.910. The molecule has 0 aromatic carbocycles. The van der Waals surface area contributed by atoms with Crippen molar-refractivity contribution < 1.29 is 14.3 Å². The number of esters is 1. The fourth-order valence-electron chi connectivity index (χ4n) is 1.88. The van der Waals surface area contributed by atoms with Crippen LogP contribution in [-0.4, -0.2) is 27.8 Å². The predicted octanol–water partition coefficient (Wildman–Crippen LogP) is 3.25. The van der Waals surface area contributed by atoms with Crippen molar-refractivity contribution in [3.63, 3.8) is 0 Å². The monoisotopic (exact) mass is 337 g/mol. The highest BCUT2D eigenvalue weighted by Gasteiger charge is 2.43. The molecule has 1 aromatic heterocycles. The van der Waals surface area contributed by atoms with Crippen molar-refractivity contribution in [3.05, 3.63) is 12.1 Å². The lowest BCUT2D eigenvalue weighted by Crippen LogP contribution is -2.40. The molecule has 0 spiro atoms. The van der Waals surface area contributed by atoms with Gasteiger partial charge in [0, 0.05) is 5.41 Å². The Kier molecular flexibility index (Phi) is 4.61. The smallest absolute Gasteiger partial charge is 0.342 e. The zero-order valence-electron chi connectivity index (χ0n) is 14.3. The SMILES string of the molecule is CC(C)OC(=O)C1(C)Nc2nc(NC(=O)C(C)(C)C)ccc2S1. The molecule has 1 atom stereocenters. The molecule has 0 saturated heterocycles. The van der Waals surface area contributed by atoms with E-state index in [4.69, 9.17) is 4.74 Å². The summed E-state index contributed by atoms with van der Waals surface area (Å²) < 4.78 is 5.29. The Hall–Kier alpha value is -1.76. The van der Waals surface area contributed by atoms with Gasteiger partial charge in [0.2, 0.25) is 5.91 Å². The van der Waals surface area contributed by atoms with Gasteiger partial charge < -0.3 is 15.4 Å². The van der Waals surface area contributed by atoms with Crippen molar-refractivity contribution in [2.45, 2.75) is 57.4 Å². The number of pyridine rings is 1. The van der Waals surface area contributed by atoms with E-state index in [1.165, 1.54) is 11.8 Å². The maximum atomic E-state index is 12.2. The Morgan fingerprint density at radius 3 is 2.57 bits per heavy atom. The third kappa shape index (κ3) is 3.96. The van der Waals surface area contributed by atoms with Crippen LogP contribution in [0.3, 0.4) is 0 Å². The average molecular weight is 337 g/mol. The second-order valence-electron chi connectivity index (χ2n) is 6.96.